The zero-order valence-electron chi connectivity index (χ0n) is 15.8. The number of hydrogen-bond donors (Lipinski definition) is 1. The molecule has 2 heterocycles. The summed E-state index contributed by atoms with van der Waals surface area (Å²) in [7, 11) is 2.98. The minimum atomic E-state index is -0.663. The fourth-order valence-corrected chi connectivity index (χ4v) is 3.09. The van der Waals surface area contributed by atoms with Crippen molar-refractivity contribution in [1.82, 2.24) is 30.0 Å². The van der Waals surface area contributed by atoms with E-state index in [9.17, 15) is 9.59 Å². The molecule has 3 aromatic rings. The van der Waals surface area contributed by atoms with Gasteiger partial charge < -0.3 is 4.74 Å². The topological polar surface area (TPSA) is 117 Å². The molecule has 29 heavy (non-hydrogen) atoms. The van der Waals surface area contributed by atoms with Gasteiger partial charge in [0.15, 0.2) is 5.69 Å². The first-order valence-electron chi connectivity index (χ1n) is 8.50. The monoisotopic (exact) mass is 437 g/mol. The van der Waals surface area contributed by atoms with Crippen LogP contribution in [0.5, 0.6) is 0 Å². The molecule has 0 aliphatic carbocycles. The molecule has 0 aliphatic rings. The Hall–Kier alpha value is -2.82. The van der Waals surface area contributed by atoms with E-state index in [2.05, 4.69) is 25.9 Å². The fraction of sp³-hybridized carbons (Fsp3) is 0.294. The largest absolute Gasteiger partial charge is 0.377 e. The van der Waals surface area contributed by atoms with E-state index in [4.69, 9.17) is 27.9 Å². The highest BCUT2D eigenvalue weighted by atomic mass is 35.5. The lowest BCUT2D eigenvalue weighted by Gasteiger charge is -2.12. The molecular formula is C17H17Cl2N7O3. The maximum atomic E-state index is 12.7. The number of aromatic nitrogens is 6. The summed E-state index contributed by atoms with van der Waals surface area (Å²) in [5.74, 6) is -0.560. The lowest BCUT2D eigenvalue weighted by atomic mass is 10.0. The molecule has 0 aliphatic heterocycles. The second-order valence-corrected chi connectivity index (χ2v) is 6.78. The third-order valence-electron chi connectivity index (χ3n) is 4.05. The summed E-state index contributed by atoms with van der Waals surface area (Å²) in [5, 5.41) is 17.5. The van der Waals surface area contributed by atoms with Gasteiger partial charge in [0.05, 0.1) is 17.2 Å². The third kappa shape index (κ3) is 4.29. The number of aryl methyl sites for hydroxylation is 2. The van der Waals surface area contributed by atoms with Crippen LogP contribution >= 0.6 is 23.2 Å². The van der Waals surface area contributed by atoms with Crippen molar-refractivity contribution < 1.29 is 9.53 Å². The number of carbonyl (C=O) groups excluding carboxylic acids is 1. The number of nitrogens with one attached hydrogen (secondary N) is 1. The van der Waals surface area contributed by atoms with Crippen LogP contribution in [-0.4, -0.2) is 42.5 Å². The molecule has 1 aromatic carbocycles. The van der Waals surface area contributed by atoms with Crippen LogP contribution < -0.4 is 10.9 Å². The van der Waals surface area contributed by atoms with E-state index in [1.165, 1.54) is 11.7 Å². The molecule has 1 amide bonds. The Morgan fingerprint density at radius 3 is 2.62 bits per heavy atom. The van der Waals surface area contributed by atoms with Crippen LogP contribution in [0.15, 0.2) is 23.0 Å². The number of amides is 1. The average Bonchev–Trinajstić information content (AvgIpc) is 3.08. The van der Waals surface area contributed by atoms with E-state index in [1.54, 1.807) is 25.2 Å². The van der Waals surface area contributed by atoms with E-state index in [-0.39, 0.29) is 22.2 Å². The fourth-order valence-electron chi connectivity index (χ4n) is 2.54. The van der Waals surface area contributed by atoms with Crippen LogP contribution in [-0.2, 0) is 25.4 Å². The highest BCUT2D eigenvalue weighted by Crippen LogP contribution is 2.30. The van der Waals surface area contributed by atoms with Gasteiger partial charge in [-0.15, -0.1) is 0 Å². The van der Waals surface area contributed by atoms with E-state index in [0.717, 1.165) is 10.2 Å². The summed E-state index contributed by atoms with van der Waals surface area (Å²) in [6.07, 6.45) is 0. The first kappa shape index (κ1) is 20.9. The highest BCUT2D eigenvalue weighted by Gasteiger charge is 2.23. The van der Waals surface area contributed by atoms with Crippen LogP contribution in [0.2, 0.25) is 10.0 Å². The number of anilines is 1. The molecule has 1 N–H and O–H groups in total. The Morgan fingerprint density at radius 2 is 2.00 bits per heavy atom. The zero-order chi connectivity index (χ0) is 21.1. The van der Waals surface area contributed by atoms with E-state index >= 15 is 0 Å². The van der Waals surface area contributed by atoms with Crippen LogP contribution in [0.25, 0.3) is 11.1 Å². The Balaban J connectivity index is 2.04. The van der Waals surface area contributed by atoms with Gasteiger partial charge >= 0.3 is 0 Å². The van der Waals surface area contributed by atoms with E-state index in [0.29, 0.717) is 23.8 Å². The van der Waals surface area contributed by atoms with E-state index < -0.39 is 11.5 Å². The standard InChI is InChI=1S/C17H17Cl2N7O3/c1-4-29-8-10-6-5-9(7-11(10)18)12-13(19)14(22-25(2)16(12)28)15(27)20-17-21-23-24-26(17)3/h5-7H,4,8H2,1-3H3,(H,20,21,24,27). The lowest BCUT2D eigenvalue weighted by Crippen LogP contribution is -2.27. The smallest absolute Gasteiger partial charge is 0.280 e. The van der Waals surface area contributed by atoms with Crippen molar-refractivity contribution in [2.75, 3.05) is 11.9 Å². The first-order valence-corrected chi connectivity index (χ1v) is 9.26. The van der Waals surface area contributed by atoms with Gasteiger partial charge in [0, 0.05) is 25.7 Å². The van der Waals surface area contributed by atoms with Crippen molar-refractivity contribution in [1.29, 1.82) is 0 Å². The van der Waals surface area contributed by atoms with Crippen LogP contribution in [0, 0.1) is 0 Å². The van der Waals surface area contributed by atoms with Crippen molar-refractivity contribution in [3.63, 3.8) is 0 Å². The van der Waals surface area contributed by atoms with Gasteiger partial charge in [-0.1, -0.05) is 40.4 Å². The van der Waals surface area contributed by atoms with Gasteiger partial charge in [0.25, 0.3) is 11.5 Å². The maximum Gasteiger partial charge on any atom is 0.280 e. The molecule has 152 valence electrons. The predicted octanol–water partition coefficient (Wildman–Crippen LogP) is 2.07. The molecule has 12 heteroatoms. The average molecular weight is 438 g/mol. The number of nitrogens with zero attached hydrogens (tertiary/aromatic N) is 6. The second kappa shape index (κ2) is 8.68. The van der Waals surface area contributed by atoms with Crippen molar-refractivity contribution in [3.8, 4) is 11.1 Å². The Morgan fingerprint density at radius 1 is 1.24 bits per heavy atom. The van der Waals surface area contributed by atoms with Crippen molar-refractivity contribution >= 4 is 35.1 Å². The molecule has 10 nitrogen and oxygen atoms in total. The van der Waals surface area contributed by atoms with Gasteiger partial charge in [-0.2, -0.15) is 5.10 Å². The van der Waals surface area contributed by atoms with Crippen molar-refractivity contribution in [3.05, 3.63) is 49.9 Å². The molecule has 0 saturated carbocycles. The molecule has 0 saturated heterocycles. The number of tetrazole rings is 1. The summed E-state index contributed by atoms with van der Waals surface area (Å²) in [4.78, 5) is 25.3. The minimum Gasteiger partial charge on any atom is -0.377 e. The maximum absolute atomic E-state index is 12.7. The molecule has 3 rings (SSSR count). The molecule has 2 aromatic heterocycles. The third-order valence-corrected chi connectivity index (χ3v) is 4.77. The number of rotatable bonds is 6. The molecule has 0 spiro atoms. The Labute approximate surface area is 175 Å². The van der Waals surface area contributed by atoms with Crippen LogP contribution in [0.3, 0.4) is 0 Å². The summed E-state index contributed by atoms with van der Waals surface area (Å²) in [6.45, 7) is 2.78. The van der Waals surface area contributed by atoms with Gasteiger partial charge in [0.1, 0.15) is 0 Å². The molecule has 0 bridgehead atoms. The molecular weight excluding hydrogens is 421 g/mol. The summed E-state index contributed by atoms with van der Waals surface area (Å²) < 4.78 is 7.67. The van der Waals surface area contributed by atoms with E-state index in [1.807, 2.05) is 6.92 Å². The van der Waals surface area contributed by atoms with Gasteiger partial charge in [-0.25, -0.2) is 9.36 Å². The lowest BCUT2D eigenvalue weighted by molar-refractivity contribution is 0.101. The Kier molecular flexibility index (Phi) is 6.26. The van der Waals surface area contributed by atoms with Crippen molar-refractivity contribution in [2.24, 2.45) is 14.1 Å². The quantitative estimate of drug-likeness (QED) is 0.626. The second-order valence-electron chi connectivity index (χ2n) is 5.99. The number of hydrogen-bond acceptors (Lipinski definition) is 7. The number of benzene rings is 1. The molecule has 0 atom stereocenters. The van der Waals surface area contributed by atoms with Crippen LogP contribution in [0.1, 0.15) is 23.0 Å². The summed E-state index contributed by atoms with van der Waals surface area (Å²) >= 11 is 12.7. The van der Waals surface area contributed by atoms with Gasteiger partial charge in [-0.05, 0) is 34.5 Å². The van der Waals surface area contributed by atoms with Gasteiger partial charge in [0.2, 0.25) is 5.95 Å². The number of halogens is 2. The SMILES string of the molecule is CCOCc1ccc(-c2c(Cl)c(C(=O)Nc3nnnn3C)nn(C)c2=O)cc1Cl. The zero-order valence-corrected chi connectivity index (χ0v) is 17.3. The summed E-state index contributed by atoms with van der Waals surface area (Å²) in [5.41, 5.74) is 0.710. The Bertz CT molecular complexity index is 1130. The normalized spacial score (nSPS) is 10.9. The predicted molar refractivity (Wildman–Crippen MR) is 107 cm³/mol. The first-order chi connectivity index (χ1) is 13.8. The van der Waals surface area contributed by atoms with Crippen LogP contribution in [0.4, 0.5) is 5.95 Å². The molecule has 0 unspecified atom stereocenters. The summed E-state index contributed by atoms with van der Waals surface area (Å²) in [6, 6.07) is 5.04. The van der Waals surface area contributed by atoms with Gasteiger partial charge in [-0.3, -0.25) is 14.9 Å². The minimum absolute atomic E-state index is 0.102. The molecule has 0 fully saturated rings. The highest BCUT2D eigenvalue weighted by molar-refractivity contribution is 6.36. The number of ether oxygens (including phenoxy) is 1. The number of carbonyl (C=O) groups is 1. The van der Waals surface area contributed by atoms with Crippen molar-refractivity contribution in [2.45, 2.75) is 13.5 Å². The molecule has 0 radical (unpaired) electrons.